The first-order chi connectivity index (χ1) is 24.3. The van der Waals surface area contributed by atoms with E-state index in [4.69, 9.17) is 14.7 Å². The van der Waals surface area contributed by atoms with E-state index in [-0.39, 0.29) is 5.25 Å². The summed E-state index contributed by atoms with van der Waals surface area (Å²) < 4.78 is 6.67. The van der Waals surface area contributed by atoms with Crippen LogP contribution in [0.3, 0.4) is 0 Å². The topological polar surface area (TPSA) is 35.0 Å². The second-order valence-electron chi connectivity index (χ2n) is 12.8. The number of ether oxygens (including phenoxy) is 1. The van der Waals surface area contributed by atoms with Gasteiger partial charge in [0.25, 0.3) is 0 Å². The van der Waals surface area contributed by atoms with E-state index in [1.807, 2.05) is 23.9 Å². The number of aromatic nitrogens is 2. The van der Waals surface area contributed by atoms with Crippen molar-refractivity contribution in [2.45, 2.75) is 17.1 Å². The van der Waals surface area contributed by atoms with Gasteiger partial charge in [0.05, 0.1) is 22.1 Å². The molecule has 0 saturated heterocycles. The van der Waals surface area contributed by atoms with E-state index in [1.54, 1.807) is 0 Å². The maximum atomic E-state index is 6.67. The molecule has 7 aromatic rings. The number of fused-ring (bicyclic) bond motifs is 9. The average molecular weight is 647 g/mol. The highest BCUT2D eigenvalue weighted by molar-refractivity contribution is 8.08. The third-order valence-electron chi connectivity index (χ3n) is 10.1. The van der Waals surface area contributed by atoms with Gasteiger partial charge >= 0.3 is 0 Å². The summed E-state index contributed by atoms with van der Waals surface area (Å²) in [6.45, 7) is 0. The van der Waals surface area contributed by atoms with E-state index < -0.39 is 5.41 Å². The van der Waals surface area contributed by atoms with Crippen molar-refractivity contribution in [2.24, 2.45) is 0 Å². The minimum absolute atomic E-state index is 0.107. The van der Waals surface area contributed by atoms with Gasteiger partial charge in [0.2, 0.25) is 0 Å². The Morgan fingerprint density at radius 3 is 1.71 bits per heavy atom. The largest absolute Gasteiger partial charge is 0.457 e. The van der Waals surface area contributed by atoms with Gasteiger partial charge in [-0.1, -0.05) is 140 Å². The summed E-state index contributed by atoms with van der Waals surface area (Å²) in [5, 5.41) is 0.107. The zero-order valence-corrected chi connectivity index (χ0v) is 27.4. The maximum absolute atomic E-state index is 6.67. The summed E-state index contributed by atoms with van der Waals surface area (Å²) in [6.07, 6.45) is 3.22. The van der Waals surface area contributed by atoms with Crippen molar-refractivity contribution < 1.29 is 4.74 Å². The number of hydrogen-bond donors (Lipinski definition) is 0. The van der Waals surface area contributed by atoms with E-state index in [0.29, 0.717) is 0 Å². The molecule has 4 heteroatoms. The molecule has 3 heterocycles. The van der Waals surface area contributed by atoms with Crippen molar-refractivity contribution in [3.05, 3.63) is 197 Å². The number of para-hydroxylation sites is 1. The molecule has 0 fully saturated rings. The molecule has 3 nitrogen and oxygen atoms in total. The van der Waals surface area contributed by atoms with Crippen molar-refractivity contribution in [1.82, 2.24) is 9.97 Å². The maximum Gasteiger partial charge on any atom is 0.143 e. The molecule has 0 N–H and O–H groups in total. The minimum atomic E-state index is -0.478. The molecule has 1 spiro atoms. The second-order valence-corrected chi connectivity index (χ2v) is 14.0. The average Bonchev–Trinajstić information content (AvgIpc) is 3.79. The SMILES string of the molecule is C1=C(c2ccc3c(c2)C2(c4ccccc4O3)c3ccccc3-c3ccccc32)SC(c2nc(-c3ccccc3)cc(-c3ccccc3)n2)C1. The highest BCUT2D eigenvalue weighted by atomic mass is 32.2. The first-order valence-corrected chi connectivity index (χ1v) is 17.6. The Labute approximate surface area is 290 Å². The highest BCUT2D eigenvalue weighted by Crippen LogP contribution is 2.62. The van der Waals surface area contributed by atoms with Crippen molar-refractivity contribution in [1.29, 1.82) is 0 Å². The van der Waals surface area contributed by atoms with Crippen molar-refractivity contribution in [2.75, 3.05) is 0 Å². The van der Waals surface area contributed by atoms with E-state index >= 15 is 0 Å². The quantitative estimate of drug-likeness (QED) is 0.191. The van der Waals surface area contributed by atoms with Crippen molar-refractivity contribution >= 4 is 16.7 Å². The molecule has 1 aliphatic carbocycles. The zero-order chi connectivity index (χ0) is 32.4. The van der Waals surface area contributed by atoms with Crippen LogP contribution >= 0.6 is 11.8 Å². The van der Waals surface area contributed by atoms with Crippen LogP contribution in [0.5, 0.6) is 11.5 Å². The van der Waals surface area contributed by atoms with Gasteiger partial charge in [0.1, 0.15) is 17.3 Å². The summed E-state index contributed by atoms with van der Waals surface area (Å²) in [5.41, 5.74) is 12.3. The summed E-state index contributed by atoms with van der Waals surface area (Å²) in [7, 11) is 0. The van der Waals surface area contributed by atoms with Crippen LogP contribution in [0.15, 0.2) is 164 Å². The minimum Gasteiger partial charge on any atom is -0.457 e. The van der Waals surface area contributed by atoms with Gasteiger partial charge in [-0.15, -0.1) is 11.8 Å². The number of nitrogens with zero attached hydrogens (tertiary/aromatic N) is 2. The van der Waals surface area contributed by atoms with Gasteiger partial charge in [-0.3, -0.25) is 0 Å². The first-order valence-electron chi connectivity index (χ1n) is 16.8. The van der Waals surface area contributed by atoms with Crippen LogP contribution in [-0.4, -0.2) is 9.97 Å². The molecule has 49 heavy (non-hydrogen) atoms. The molecule has 2 aliphatic heterocycles. The Bertz CT molecular complexity index is 2330. The Hall–Kier alpha value is -5.71. The van der Waals surface area contributed by atoms with Crippen LogP contribution in [0.1, 0.15) is 45.3 Å². The highest BCUT2D eigenvalue weighted by Gasteiger charge is 2.51. The lowest BCUT2D eigenvalue weighted by Crippen LogP contribution is -2.32. The Balaban J connectivity index is 1.08. The van der Waals surface area contributed by atoms with Gasteiger partial charge in [-0.05, 0) is 58.5 Å². The van der Waals surface area contributed by atoms with E-state index in [0.717, 1.165) is 46.3 Å². The molecule has 232 valence electrons. The lowest BCUT2D eigenvalue weighted by molar-refractivity contribution is 0.436. The number of thioether (sulfide) groups is 1. The fourth-order valence-electron chi connectivity index (χ4n) is 7.94. The number of hydrogen-bond acceptors (Lipinski definition) is 4. The van der Waals surface area contributed by atoms with Crippen LogP contribution in [0, 0.1) is 0 Å². The molecular weight excluding hydrogens is 617 g/mol. The molecule has 0 radical (unpaired) electrons. The monoisotopic (exact) mass is 646 g/mol. The molecule has 6 aromatic carbocycles. The molecular formula is C45H30N2OS. The molecule has 0 bridgehead atoms. The van der Waals surface area contributed by atoms with Crippen molar-refractivity contribution in [3.8, 4) is 45.1 Å². The second kappa shape index (κ2) is 11.2. The van der Waals surface area contributed by atoms with Gasteiger partial charge in [0, 0.05) is 27.2 Å². The Kier molecular flexibility index (Phi) is 6.46. The summed E-state index contributed by atoms with van der Waals surface area (Å²) in [4.78, 5) is 11.6. The van der Waals surface area contributed by atoms with Gasteiger partial charge in [-0.2, -0.15) is 0 Å². The molecule has 3 aliphatic rings. The van der Waals surface area contributed by atoms with Gasteiger partial charge < -0.3 is 4.74 Å². The van der Waals surface area contributed by atoms with E-state index in [9.17, 15) is 0 Å². The Morgan fingerprint density at radius 1 is 0.510 bits per heavy atom. The van der Waals surface area contributed by atoms with Crippen LogP contribution in [-0.2, 0) is 5.41 Å². The number of benzene rings is 6. The van der Waals surface area contributed by atoms with Crippen LogP contribution in [0.25, 0.3) is 38.5 Å². The van der Waals surface area contributed by atoms with Crippen LogP contribution < -0.4 is 4.74 Å². The predicted octanol–water partition coefficient (Wildman–Crippen LogP) is 11.5. The number of rotatable bonds is 4. The Morgan fingerprint density at radius 2 is 1.06 bits per heavy atom. The van der Waals surface area contributed by atoms with Crippen molar-refractivity contribution in [3.63, 3.8) is 0 Å². The smallest absolute Gasteiger partial charge is 0.143 e. The first kappa shape index (κ1) is 28.3. The van der Waals surface area contributed by atoms with Crippen LogP contribution in [0.4, 0.5) is 0 Å². The molecule has 1 atom stereocenters. The third-order valence-corrected chi connectivity index (χ3v) is 11.4. The standard InChI is InChI=1S/C45H30N2OS/c1-3-13-29(14-4-1)38-28-39(30-15-5-2-6-16-30)47-44(46-38)43-26-25-42(49-43)31-23-24-41-37(27-31)45(36-21-11-12-22-40(36)48-41)34-19-9-7-17-32(34)33-18-8-10-20-35(33)45/h1-25,27-28,43H,26H2. The lowest BCUT2D eigenvalue weighted by atomic mass is 9.66. The third kappa shape index (κ3) is 4.37. The molecule has 0 amide bonds. The molecule has 10 rings (SSSR count). The fourth-order valence-corrected chi connectivity index (χ4v) is 9.11. The fraction of sp³-hybridized carbons (Fsp3) is 0.0667. The van der Waals surface area contributed by atoms with Crippen LogP contribution in [0.2, 0.25) is 0 Å². The predicted molar refractivity (Wildman–Crippen MR) is 200 cm³/mol. The normalized spacial score (nSPS) is 16.2. The summed E-state index contributed by atoms with van der Waals surface area (Å²) >= 11 is 1.86. The van der Waals surface area contributed by atoms with Gasteiger partial charge in [-0.25, -0.2) is 9.97 Å². The molecule has 1 aromatic heterocycles. The van der Waals surface area contributed by atoms with E-state index in [2.05, 4.69) is 152 Å². The van der Waals surface area contributed by atoms with E-state index in [1.165, 1.54) is 43.8 Å². The number of allylic oxidation sites excluding steroid dienone is 1. The lowest BCUT2D eigenvalue weighted by Gasteiger charge is -2.39. The van der Waals surface area contributed by atoms with Gasteiger partial charge in [0.15, 0.2) is 0 Å². The molecule has 0 saturated carbocycles. The summed E-state index contributed by atoms with van der Waals surface area (Å²) in [5.74, 6) is 2.68. The molecule has 1 unspecified atom stereocenters. The summed E-state index contributed by atoms with van der Waals surface area (Å²) in [6, 6.07) is 56.0. The zero-order valence-electron chi connectivity index (χ0n) is 26.6.